The number of hydrogen-bond donors (Lipinski definition) is 0. The number of rotatable bonds is 3. The molecule has 0 atom stereocenters. The Balaban J connectivity index is -0.000000175. The maximum absolute atomic E-state index is 3.53. The summed E-state index contributed by atoms with van der Waals surface area (Å²) in [6, 6.07) is 0. The van der Waals surface area contributed by atoms with Gasteiger partial charge in [0, 0.05) is 12.4 Å². The second-order valence-corrected chi connectivity index (χ2v) is 0.991. The molecule has 0 aromatic rings. The van der Waals surface area contributed by atoms with E-state index in [9.17, 15) is 0 Å². The molecule has 0 aliphatic rings. The SMILES string of the molecule is C=C/C=C\N=NC=C.CC.CC. The predicted molar refractivity (Wildman–Crippen MR) is 57.1 cm³/mol. The summed E-state index contributed by atoms with van der Waals surface area (Å²) in [5.74, 6) is 0. The van der Waals surface area contributed by atoms with Gasteiger partial charge in [-0.05, 0) is 6.08 Å². The van der Waals surface area contributed by atoms with Crippen molar-refractivity contribution >= 4 is 0 Å². The predicted octanol–water partition coefficient (Wildman–Crippen LogP) is 4.33. The topological polar surface area (TPSA) is 24.7 Å². The summed E-state index contributed by atoms with van der Waals surface area (Å²) in [6.45, 7) is 14.8. The van der Waals surface area contributed by atoms with Crippen molar-refractivity contribution in [2.24, 2.45) is 10.2 Å². The Morgan fingerprint density at radius 1 is 0.917 bits per heavy atom. The van der Waals surface area contributed by atoms with Crippen LogP contribution in [-0.4, -0.2) is 0 Å². The maximum Gasteiger partial charge on any atom is 0.0495 e. The van der Waals surface area contributed by atoms with Gasteiger partial charge in [-0.2, -0.15) is 10.2 Å². The number of allylic oxidation sites excluding steroid dienone is 2. The lowest BCUT2D eigenvalue weighted by Gasteiger charge is -1.67. The van der Waals surface area contributed by atoms with Crippen molar-refractivity contribution in [1.82, 2.24) is 0 Å². The molecule has 0 fully saturated rings. The van der Waals surface area contributed by atoms with E-state index in [0.29, 0.717) is 0 Å². The van der Waals surface area contributed by atoms with Crippen molar-refractivity contribution in [3.8, 4) is 0 Å². The monoisotopic (exact) mass is 168 g/mol. The lowest BCUT2D eigenvalue weighted by molar-refractivity contribution is 1.23. The fraction of sp³-hybridized carbons (Fsp3) is 0.400. The standard InChI is InChI=1S/C6H8N2.2C2H6/c1-3-5-6-8-7-4-2;2*1-2/h3-6H,1-2H2;2*1-2H3/b6-5-,8-7?;;. The Hall–Kier alpha value is -1.18. The molecule has 0 aliphatic carbocycles. The van der Waals surface area contributed by atoms with Crippen LogP contribution in [0, 0.1) is 0 Å². The third kappa shape index (κ3) is 37.0. The summed E-state index contributed by atoms with van der Waals surface area (Å²) in [6.07, 6.45) is 6.22. The fourth-order valence-corrected chi connectivity index (χ4v) is 0.185. The second-order valence-electron chi connectivity index (χ2n) is 0.991. The minimum atomic E-state index is 1.37. The third-order valence-electron chi connectivity index (χ3n) is 0.437. The van der Waals surface area contributed by atoms with Gasteiger partial charge in [-0.3, -0.25) is 0 Å². The van der Waals surface area contributed by atoms with Crippen LogP contribution in [0.3, 0.4) is 0 Å². The minimum absolute atomic E-state index is 1.37. The van der Waals surface area contributed by atoms with E-state index in [1.54, 1.807) is 12.2 Å². The van der Waals surface area contributed by atoms with Gasteiger partial charge >= 0.3 is 0 Å². The van der Waals surface area contributed by atoms with Crippen LogP contribution in [0.2, 0.25) is 0 Å². The number of azo groups is 1. The fourth-order valence-electron chi connectivity index (χ4n) is 0.185. The van der Waals surface area contributed by atoms with Crippen molar-refractivity contribution in [2.75, 3.05) is 0 Å². The molecule has 0 amide bonds. The molecule has 0 aromatic heterocycles. The highest BCUT2D eigenvalue weighted by molar-refractivity contribution is 4.95. The van der Waals surface area contributed by atoms with E-state index in [-0.39, 0.29) is 0 Å². The zero-order chi connectivity index (χ0) is 10.2. The molecular formula is C10H20N2. The molecular weight excluding hydrogens is 148 g/mol. The van der Waals surface area contributed by atoms with Crippen molar-refractivity contribution in [3.63, 3.8) is 0 Å². The van der Waals surface area contributed by atoms with Crippen LogP contribution in [0.1, 0.15) is 27.7 Å². The Bertz CT molecular complexity index is 108. The number of nitrogens with zero attached hydrogens (tertiary/aromatic N) is 2. The zero-order valence-corrected chi connectivity index (χ0v) is 8.62. The average Bonchev–Trinajstić information content (AvgIpc) is 2.19. The lowest BCUT2D eigenvalue weighted by Crippen LogP contribution is -1.44. The summed E-state index contributed by atoms with van der Waals surface area (Å²) < 4.78 is 0. The molecule has 0 bridgehead atoms. The van der Waals surface area contributed by atoms with Crippen molar-refractivity contribution < 1.29 is 0 Å². The largest absolute Gasteiger partial charge is 0.160 e. The van der Waals surface area contributed by atoms with E-state index in [2.05, 4.69) is 23.4 Å². The smallest absolute Gasteiger partial charge is 0.0495 e. The van der Waals surface area contributed by atoms with Gasteiger partial charge in [-0.1, -0.05) is 46.9 Å². The molecule has 0 saturated carbocycles. The van der Waals surface area contributed by atoms with Crippen molar-refractivity contribution in [2.45, 2.75) is 27.7 Å². The highest BCUT2D eigenvalue weighted by Crippen LogP contribution is 1.77. The summed E-state index contributed by atoms with van der Waals surface area (Å²) in [7, 11) is 0. The Morgan fingerprint density at radius 3 is 1.75 bits per heavy atom. The number of hydrogen-bond acceptors (Lipinski definition) is 2. The molecule has 0 rings (SSSR count). The Labute approximate surface area is 76.4 Å². The molecule has 0 N–H and O–H groups in total. The average molecular weight is 168 g/mol. The molecule has 0 spiro atoms. The van der Waals surface area contributed by atoms with Crippen LogP contribution in [0.25, 0.3) is 0 Å². The summed E-state index contributed by atoms with van der Waals surface area (Å²) in [5.41, 5.74) is 0. The molecule has 2 nitrogen and oxygen atoms in total. The van der Waals surface area contributed by atoms with E-state index in [0.717, 1.165) is 0 Å². The molecule has 12 heavy (non-hydrogen) atoms. The van der Waals surface area contributed by atoms with E-state index in [1.165, 1.54) is 12.4 Å². The van der Waals surface area contributed by atoms with E-state index < -0.39 is 0 Å². The molecule has 2 heteroatoms. The van der Waals surface area contributed by atoms with Gasteiger partial charge in [-0.15, -0.1) is 0 Å². The first kappa shape index (κ1) is 17.1. The molecule has 0 heterocycles. The zero-order valence-electron chi connectivity index (χ0n) is 8.62. The quantitative estimate of drug-likeness (QED) is 0.442. The van der Waals surface area contributed by atoms with E-state index in [1.807, 2.05) is 27.7 Å². The highest BCUT2D eigenvalue weighted by Gasteiger charge is 1.55. The van der Waals surface area contributed by atoms with Gasteiger partial charge < -0.3 is 0 Å². The van der Waals surface area contributed by atoms with Crippen LogP contribution in [-0.2, 0) is 0 Å². The van der Waals surface area contributed by atoms with Gasteiger partial charge in [0.05, 0.1) is 0 Å². The van der Waals surface area contributed by atoms with Crippen LogP contribution in [0.4, 0.5) is 0 Å². The molecule has 0 aromatic carbocycles. The van der Waals surface area contributed by atoms with Crippen LogP contribution in [0.15, 0.2) is 47.9 Å². The first-order chi connectivity index (χ1) is 5.91. The van der Waals surface area contributed by atoms with Gasteiger partial charge in [0.2, 0.25) is 0 Å². The normalized spacial score (nSPS) is 8.00. The first-order valence-electron chi connectivity index (χ1n) is 4.20. The van der Waals surface area contributed by atoms with Crippen molar-refractivity contribution in [3.05, 3.63) is 37.7 Å². The van der Waals surface area contributed by atoms with Gasteiger partial charge in [-0.25, -0.2) is 0 Å². The molecule has 0 unspecified atom stereocenters. The van der Waals surface area contributed by atoms with Gasteiger partial charge in [0.25, 0.3) is 0 Å². The molecule has 0 saturated heterocycles. The van der Waals surface area contributed by atoms with Gasteiger partial charge in [0.1, 0.15) is 0 Å². The summed E-state index contributed by atoms with van der Waals surface area (Å²) >= 11 is 0. The minimum Gasteiger partial charge on any atom is -0.160 e. The van der Waals surface area contributed by atoms with Crippen LogP contribution >= 0.6 is 0 Å². The Kier molecular flexibility index (Phi) is 46.8. The second kappa shape index (κ2) is 32.9. The molecule has 0 aliphatic heterocycles. The Morgan fingerprint density at radius 2 is 1.42 bits per heavy atom. The van der Waals surface area contributed by atoms with Gasteiger partial charge in [0.15, 0.2) is 0 Å². The highest BCUT2D eigenvalue weighted by atomic mass is 15.1. The molecule has 70 valence electrons. The maximum atomic E-state index is 3.53. The molecule has 0 radical (unpaired) electrons. The lowest BCUT2D eigenvalue weighted by atomic mass is 10.6. The summed E-state index contributed by atoms with van der Waals surface area (Å²) in [5, 5.41) is 7.00. The first-order valence-corrected chi connectivity index (χ1v) is 4.20. The summed E-state index contributed by atoms with van der Waals surface area (Å²) in [4.78, 5) is 0. The van der Waals surface area contributed by atoms with E-state index in [4.69, 9.17) is 0 Å². The third-order valence-corrected chi connectivity index (χ3v) is 0.437. The van der Waals surface area contributed by atoms with Crippen LogP contribution < -0.4 is 0 Å². The van der Waals surface area contributed by atoms with Crippen molar-refractivity contribution in [1.29, 1.82) is 0 Å². The van der Waals surface area contributed by atoms with E-state index >= 15 is 0 Å². The van der Waals surface area contributed by atoms with Crippen LogP contribution in [0.5, 0.6) is 0 Å².